The lowest BCUT2D eigenvalue weighted by atomic mass is 10.3. The van der Waals surface area contributed by atoms with Gasteiger partial charge in [-0.2, -0.15) is 0 Å². The van der Waals surface area contributed by atoms with Gasteiger partial charge in [0.25, 0.3) is 0 Å². The van der Waals surface area contributed by atoms with Crippen molar-refractivity contribution >= 4 is 11.9 Å². The van der Waals surface area contributed by atoms with E-state index in [2.05, 4.69) is 27.2 Å². The van der Waals surface area contributed by atoms with Crippen molar-refractivity contribution in [3.8, 4) is 0 Å². The van der Waals surface area contributed by atoms with Gasteiger partial charge in [0.05, 0.1) is 6.54 Å². The molecule has 0 spiro atoms. The maximum atomic E-state index is 11.8. The Hall–Kier alpha value is -1.56. The van der Waals surface area contributed by atoms with Gasteiger partial charge in [-0.25, -0.2) is 4.98 Å². The largest absolute Gasteiger partial charge is 0.347 e. The fourth-order valence-electron chi connectivity index (χ4n) is 1.69. The minimum absolute atomic E-state index is 0.129. The monoisotopic (exact) mass is 223 g/mol. The summed E-state index contributed by atoms with van der Waals surface area (Å²) in [6, 6.07) is 0. The number of anilines is 1. The highest BCUT2D eigenvalue weighted by molar-refractivity contribution is 5.80. The molecule has 6 nitrogen and oxygen atoms in total. The van der Waals surface area contributed by atoms with Gasteiger partial charge in [-0.3, -0.25) is 4.79 Å². The summed E-state index contributed by atoms with van der Waals surface area (Å²) >= 11 is 0. The summed E-state index contributed by atoms with van der Waals surface area (Å²) in [7, 11) is 2.07. The van der Waals surface area contributed by atoms with Gasteiger partial charge in [-0.05, 0) is 7.05 Å². The molecule has 1 aliphatic heterocycles. The highest BCUT2D eigenvalue weighted by atomic mass is 16.2. The molecule has 1 saturated heterocycles. The Bertz CT molecular complexity index is 329. The topological polar surface area (TPSA) is 64.3 Å². The Morgan fingerprint density at radius 1 is 1.50 bits per heavy atom. The van der Waals surface area contributed by atoms with Gasteiger partial charge in [-0.15, -0.1) is 0 Å². The van der Waals surface area contributed by atoms with E-state index in [0.717, 1.165) is 26.2 Å². The second-order valence-corrected chi connectivity index (χ2v) is 3.98. The number of nitrogens with one attached hydrogen (secondary N) is 2. The fourth-order valence-corrected chi connectivity index (χ4v) is 1.69. The molecular formula is C10H17N5O. The molecule has 6 heteroatoms. The van der Waals surface area contributed by atoms with E-state index >= 15 is 0 Å². The molecule has 0 aromatic carbocycles. The number of likely N-dealkylation sites (N-methyl/N-ethyl adjacent to an activating group) is 1. The number of nitrogens with zero attached hydrogens (tertiary/aromatic N) is 3. The first-order valence-corrected chi connectivity index (χ1v) is 5.45. The lowest BCUT2D eigenvalue weighted by Crippen LogP contribution is -2.48. The second kappa shape index (κ2) is 4.98. The van der Waals surface area contributed by atoms with E-state index in [1.807, 2.05) is 4.90 Å². The minimum Gasteiger partial charge on any atom is -0.347 e. The molecular weight excluding hydrogens is 206 g/mol. The summed E-state index contributed by atoms with van der Waals surface area (Å²) in [6.45, 7) is 3.83. The van der Waals surface area contributed by atoms with Crippen LogP contribution in [0.4, 0.5) is 5.95 Å². The molecule has 88 valence electrons. The number of hydrogen-bond donors (Lipinski definition) is 2. The zero-order chi connectivity index (χ0) is 11.4. The van der Waals surface area contributed by atoms with Crippen molar-refractivity contribution in [2.45, 2.75) is 0 Å². The van der Waals surface area contributed by atoms with E-state index in [0.29, 0.717) is 12.5 Å². The van der Waals surface area contributed by atoms with Crippen LogP contribution in [0.1, 0.15) is 0 Å². The summed E-state index contributed by atoms with van der Waals surface area (Å²) in [5.41, 5.74) is 0. The number of rotatable bonds is 3. The zero-order valence-corrected chi connectivity index (χ0v) is 9.44. The number of amides is 1. The van der Waals surface area contributed by atoms with Gasteiger partial charge in [0.2, 0.25) is 11.9 Å². The molecule has 2 N–H and O–H groups in total. The van der Waals surface area contributed by atoms with Crippen molar-refractivity contribution < 1.29 is 4.79 Å². The van der Waals surface area contributed by atoms with Crippen LogP contribution in [0.3, 0.4) is 0 Å². The van der Waals surface area contributed by atoms with Gasteiger partial charge in [0, 0.05) is 38.6 Å². The molecule has 0 saturated carbocycles. The second-order valence-electron chi connectivity index (χ2n) is 3.98. The van der Waals surface area contributed by atoms with Gasteiger partial charge in [0.15, 0.2) is 0 Å². The van der Waals surface area contributed by atoms with Gasteiger partial charge in [0.1, 0.15) is 0 Å². The van der Waals surface area contributed by atoms with Crippen molar-refractivity contribution in [3.05, 3.63) is 12.4 Å². The molecule has 16 heavy (non-hydrogen) atoms. The van der Waals surface area contributed by atoms with Crippen LogP contribution >= 0.6 is 0 Å². The Morgan fingerprint density at radius 2 is 2.25 bits per heavy atom. The van der Waals surface area contributed by atoms with Crippen molar-refractivity contribution in [1.29, 1.82) is 0 Å². The average Bonchev–Trinajstić information content (AvgIpc) is 2.80. The predicted molar refractivity (Wildman–Crippen MR) is 61.2 cm³/mol. The van der Waals surface area contributed by atoms with E-state index in [-0.39, 0.29) is 5.91 Å². The maximum Gasteiger partial charge on any atom is 0.242 e. The minimum atomic E-state index is 0.129. The van der Waals surface area contributed by atoms with Crippen LogP contribution in [0.2, 0.25) is 0 Å². The zero-order valence-electron chi connectivity index (χ0n) is 9.44. The van der Waals surface area contributed by atoms with Crippen molar-refractivity contribution in [3.63, 3.8) is 0 Å². The fraction of sp³-hybridized carbons (Fsp3) is 0.600. The molecule has 1 aromatic heterocycles. The number of carbonyl (C=O) groups is 1. The molecule has 2 heterocycles. The van der Waals surface area contributed by atoms with Gasteiger partial charge < -0.3 is 20.1 Å². The quantitative estimate of drug-likeness (QED) is 0.731. The van der Waals surface area contributed by atoms with Crippen LogP contribution in [0.15, 0.2) is 12.4 Å². The van der Waals surface area contributed by atoms with Crippen LogP contribution < -0.4 is 5.32 Å². The Kier molecular flexibility index (Phi) is 3.40. The average molecular weight is 223 g/mol. The first-order chi connectivity index (χ1) is 7.75. The van der Waals surface area contributed by atoms with E-state index in [1.54, 1.807) is 12.4 Å². The van der Waals surface area contributed by atoms with E-state index in [1.165, 1.54) is 0 Å². The number of aromatic amines is 1. The molecule has 1 aromatic rings. The molecule has 0 bridgehead atoms. The molecule has 0 unspecified atom stereocenters. The SMILES string of the molecule is CN1CCN(C(=O)CNc2ncc[nH]2)CC1. The molecule has 1 aliphatic rings. The number of aromatic nitrogens is 2. The summed E-state index contributed by atoms with van der Waals surface area (Å²) in [6.07, 6.45) is 3.38. The Morgan fingerprint density at radius 3 is 2.88 bits per heavy atom. The third-order valence-corrected chi connectivity index (χ3v) is 2.76. The third-order valence-electron chi connectivity index (χ3n) is 2.76. The summed E-state index contributed by atoms with van der Waals surface area (Å²) in [4.78, 5) is 22.8. The highest BCUT2D eigenvalue weighted by Crippen LogP contribution is 2.00. The smallest absolute Gasteiger partial charge is 0.242 e. The lowest BCUT2D eigenvalue weighted by Gasteiger charge is -2.32. The molecule has 0 radical (unpaired) electrons. The molecule has 1 fully saturated rings. The van der Waals surface area contributed by atoms with E-state index in [4.69, 9.17) is 0 Å². The highest BCUT2D eigenvalue weighted by Gasteiger charge is 2.18. The maximum absolute atomic E-state index is 11.8. The van der Waals surface area contributed by atoms with E-state index < -0.39 is 0 Å². The Labute approximate surface area is 94.6 Å². The molecule has 2 rings (SSSR count). The first-order valence-electron chi connectivity index (χ1n) is 5.45. The van der Waals surface area contributed by atoms with Crippen LogP contribution in [0.25, 0.3) is 0 Å². The van der Waals surface area contributed by atoms with Crippen LogP contribution in [0.5, 0.6) is 0 Å². The van der Waals surface area contributed by atoms with Crippen molar-refractivity contribution in [2.24, 2.45) is 0 Å². The standard InChI is InChI=1S/C10H17N5O/c1-14-4-6-15(7-5-14)9(16)8-13-10-11-2-3-12-10/h2-3H,4-8H2,1H3,(H2,11,12,13). The number of piperazine rings is 1. The van der Waals surface area contributed by atoms with E-state index in [9.17, 15) is 4.79 Å². The number of hydrogen-bond acceptors (Lipinski definition) is 4. The Balaban J connectivity index is 1.75. The number of carbonyl (C=O) groups excluding carboxylic acids is 1. The summed E-state index contributed by atoms with van der Waals surface area (Å²) in [5, 5.41) is 2.96. The molecule has 0 aliphatic carbocycles. The number of imidazole rings is 1. The first kappa shape index (κ1) is 10.9. The third kappa shape index (κ3) is 2.73. The van der Waals surface area contributed by atoms with Crippen molar-refractivity contribution in [1.82, 2.24) is 19.8 Å². The molecule has 1 amide bonds. The van der Waals surface area contributed by atoms with Crippen LogP contribution in [-0.4, -0.2) is 65.4 Å². The van der Waals surface area contributed by atoms with Crippen LogP contribution in [-0.2, 0) is 4.79 Å². The van der Waals surface area contributed by atoms with Gasteiger partial charge >= 0.3 is 0 Å². The van der Waals surface area contributed by atoms with Gasteiger partial charge in [-0.1, -0.05) is 0 Å². The number of H-pyrrole nitrogens is 1. The lowest BCUT2D eigenvalue weighted by molar-refractivity contribution is -0.130. The summed E-state index contributed by atoms with van der Waals surface area (Å²) < 4.78 is 0. The van der Waals surface area contributed by atoms with Crippen LogP contribution in [0, 0.1) is 0 Å². The normalized spacial score (nSPS) is 17.4. The predicted octanol–water partition coefficient (Wildman–Crippen LogP) is -0.404. The molecule has 0 atom stereocenters. The van der Waals surface area contributed by atoms with Crippen molar-refractivity contribution in [2.75, 3.05) is 45.1 Å². The summed E-state index contributed by atoms with van der Waals surface area (Å²) in [5.74, 6) is 0.770.